The topological polar surface area (TPSA) is 124 Å². The van der Waals surface area contributed by atoms with E-state index in [1.165, 1.54) is 11.8 Å². The smallest absolute Gasteiger partial charge is 0.353 e. The van der Waals surface area contributed by atoms with E-state index >= 15 is 0 Å². The molecule has 1 saturated heterocycles. The Kier molecular flexibility index (Phi) is 5.89. The third-order valence-corrected chi connectivity index (χ3v) is 6.28. The van der Waals surface area contributed by atoms with Gasteiger partial charge in [-0.05, 0) is 13.3 Å². The zero-order valence-corrected chi connectivity index (χ0v) is 15.1. The molecule has 0 bridgehead atoms. The molecule has 2 heterocycles. The number of nitrogens with zero attached hydrogens (tertiary/aromatic N) is 1. The number of rotatable bonds is 6. The van der Waals surface area contributed by atoms with Gasteiger partial charge in [-0.2, -0.15) is 0 Å². The second-order valence-electron chi connectivity index (χ2n) is 6.42. The number of carbonyl (C=O) groups excluding carboxylic acids is 3. The lowest BCUT2D eigenvalue weighted by atomic mass is 9.88. The first-order valence-electron chi connectivity index (χ1n) is 8.03. The Morgan fingerprint density at radius 1 is 1.44 bits per heavy atom. The summed E-state index contributed by atoms with van der Waals surface area (Å²) in [4.78, 5) is 48.4. The van der Waals surface area contributed by atoms with Crippen LogP contribution in [0, 0.1) is 11.8 Å². The zero-order valence-electron chi connectivity index (χ0n) is 14.3. The molecule has 0 saturated carbocycles. The third kappa shape index (κ3) is 3.72. The Morgan fingerprint density at radius 2 is 2.08 bits per heavy atom. The number of piperidine rings is 1. The molecule has 9 heteroatoms. The molecule has 3 N–H and O–H groups in total. The molecule has 25 heavy (non-hydrogen) atoms. The molecule has 2 aliphatic rings. The van der Waals surface area contributed by atoms with Crippen LogP contribution in [-0.2, 0) is 19.2 Å². The van der Waals surface area contributed by atoms with Crippen LogP contribution in [0.25, 0.3) is 0 Å². The minimum absolute atomic E-state index is 0.0275. The standard InChI is InChI=1S/C16H22N2O6S/c1-7-12(9(6-19)8(2)20)18(3)13(16(23)24)14(7)25-10-4-5-11(21)17-15(10)22/h6-10,12,20H,4-5H2,1-3H3,(H,23,24)(H,17,21,22)/t7-,8-,9-,10-,12-/m1/s1. The van der Waals surface area contributed by atoms with Crippen molar-refractivity contribution in [2.45, 2.75) is 44.1 Å². The first-order valence-corrected chi connectivity index (χ1v) is 8.91. The van der Waals surface area contributed by atoms with Crippen molar-refractivity contribution in [2.75, 3.05) is 7.05 Å². The maximum atomic E-state index is 12.0. The number of nitrogens with one attached hydrogen (secondary N) is 1. The van der Waals surface area contributed by atoms with E-state index in [2.05, 4.69) is 5.32 Å². The SMILES string of the molecule is C[C@@H](O)[C@@H](C=O)[C@H]1[C@@H](C)C(S[C@@H]2CCC(=O)NC2=O)=C(C(=O)O)N1C. The molecule has 138 valence electrons. The van der Waals surface area contributed by atoms with Gasteiger partial charge in [-0.15, -0.1) is 11.8 Å². The van der Waals surface area contributed by atoms with Crippen LogP contribution in [0.2, 0.25) is 0 Å². The van der Waals surface area contributed by atoms with Crippen molar-refractivity contribution in [3.63, 3.8) is 0 Å². The first kappa shape index (κ1) is 19.5. The number of carbonyl (C=O) groups is 4. The number of aliphatic hydroxyl groups is 1. The van der Waals surface area contributed by atoms with Gasteiger partial charge in [-0.25, -0.2) is 4.79 Å². The van der Waals surface area contributed by atoms with Gasteiger partial charge in [0, 0.05) is 30.3 Å². The van der Waals surface area contributed by atoms with Gasteiger partial charge in [0.2, 0.25) is 11.8 Å². The minimum Gasteiger partial charge on any atom is -0.477 e. The monoisotopic (exact) mass is 370 g/mol. The van der Waals surface area contributed by atoms with Crippen LogP contribution in [-0.4, -0.2) is 63.6 Å². The summed E-state index contributed by atoms with van der Waals surface area (Å²) in [6.45, 7) is 3.27. The number of thioether (sulfide) groups is 1. The van der Waals surface area contributed by atoms with Crippen molar-refractivity contribution >= 4 is 35.8 Å². The van der Waals surface area contributed by atoms with Gasteiger partial charge >= 0.3 is 5.97 Å². The number of aliphatic carboxylic acids is 1. The zero-order chi connectivity index (χ0) is 18.9. The third-order valence-electron chi connectivity index (χ3n) is 4.73. The number of carboxylic acid groups (broad SMARTS) is 1. The van der Waals surface area contributed by atoms with Crippen LogP contribution in [0.4, 0.5) is 0 Å². The van der Waals surface area contributed by atoms with E-state index in [4.69, 9.17) is 0 Å². The van der Waals surface area contributed by atoms with E-state index in [0.717, 1.165) is 11.8 Å². The maximum absolute atomic E-state index is 12.0. The van der Waals surface area contributed by atoms with Gasteiger partial charge in [-0.1, -0.05) is 6.92 Å². The van der Waals surface area contributed by atoms with E-state index in [1.807, 2.05) is 0 Å². The number of amides is 2. The number of aliphatic hydroxyl groups excluding tert-OH is 1. The first-order chi connectivity index (χ1) is 11.7. The van der Waals surface area contributed by atoms with Crippen LogP contribution in [0.5, 0.6) is 0 Å². The fraction of sp³-hybridized carbons (Fsp3) is 0.625. The molecule has 2 amide bonds. The van der Waals surface area contributed by atoms with Gasteiger partial charge in [0.05, 0.1) is 17.3 Å². The van der Waals surface area contributed by atoms with Gasteiger partial charge < -0.3 is 19.9 Å². The largest absolute Gasteiger partial charge is 0.477 e. The van der Waals surface area contributed by atoms with Crippen molar-refractivity contribution in [3.05, 3.63) is 10.6 Å². The number of carboxylic acids is 1. The van der Waals surface area contributed by atoms with Gasteiger partial charge in [0.25, 0.3) is 0 Å². The van der Waals surface area contributed by atoms with Gasteiger partial charge in [-0.3, -0.25) is 14.9 Å². The molecule has 0 aromatic heterocycles. The molecule has 8 nitrogen and oxygen atoms in total. The summed E-state index contributed by atoms with van der Waals surface area (Å²) in [6, 6.07) is -0.514. The highest BCUT2D eigenvalue weighted by molar-refractivity contribution is 8.04. The average Bonchev–Trinajstić information content (AvgIpc) is 2.75. The Bertz CT molecular complexity index is 632. The van der Waals surface area contributed by atoms with Crippen LogP contribution in [0.3, 0.4) is 0 Å². The molecular weight excluding hydrogens is 348 g/mol. The fourth-order valence-corrected chi connectivity index (χ4v) is 4.86. The number of hydrogen-bond donors (Lipinski definition) is 3. The van der Waals surface area contributed by atoms with Gasteiger partial charge in [0.15, 0.2) is 0 Å². The van der Waals surface area contributed by atoms with Crippen LogP contribution in [0.1, 0.15) is 26.7 Å². The average molecular weight is 370 g/mol. The summed E-state index contributed by atoms with van der Waals surface area (Å²) in [5.74, 6) is -3.02. The van der Waals surface area contributed by atoms with Crippen LogP contribution < -0.4 is 5.32 Å². The molecule has 5 atom stereocenters. The Morgan fingerprint density at radius 3 is 2.56 bits per heavy atom. The maximum Gasteiger partial charge on any atom is 0.353 e. The Labute approximate surface area is 149 Å². The lowest BCUT2D eigenvalue weighted by molar-refractivity contribution is -0.135. The van der Waals surface area contributed by atoms with Crippen molar-refractivity contribution in [1.29, 1.82) is 0 Å². The second-order valence-corrected chi connectivity index (χ2v) is 7.66. The highest BCUT2D eigenvalue weighted by atomic mass is 32.2. The van der Waals surface area contributed by atoms with Gasteiger partial charge in [0.1, 0.15) is 12.0 Å². The number of likely N-dealkylation sites (N-methyl/N-ethyl adjacent to an activating group) is 1. The Hall–Kier alpha value is -1.87. The Balaban J connectivity index is 2.32. The molecule has 0 aromatic rings. The fourth-order valence-electron chi connectivity index (χ4n) is 3.46. The second kappa shape index (κ2) is 7.57. The highest BCUT2D eigenvalue weighted by Gasteiger charge is 2.46. The quantitative estimate of drug-likeness (QED) is 0.440. The summed E-state index contributed by atoms with van der Waals surface area (Å²) in [5.41, 5.74) is 0.0275. The normalized spacial score (nSPS) is 29.4. The molecule has 0 spiro atoms. The van der Waals surface area contributed by atoms with E-state index in [9.17, 15) is 29.4 Å². The van der Waals surface area contributed by atoms with Crippen molar-refractivity contribution in [2.24, 2.45) is 11.8 Å². The summed E-state index contributed by atoms with van der Waals surface area (Å²) in [7, 11) is 1.57. The predicted molar refractivity (Wildman–Crippen MR) is 90.4 cm³/mol. The minimum atomic E-state index is -1.15. The summed E-state index contributed by atoms with van der Waals surface area (Å²) in [5, 5.41) is 21.2. The molecule has 1 fully saturated rings. The molecular formula is C16H22N2O6S. The molecule has 0 aromatic carbocycles. The molecule has 2 rings (SSSR count). The van der Waals surface area contributed by atoms with Crippen molar-refractivity contribution in [1.82, 2.24) is 10.2 Å². The van der Waals surface area contributed by atoms with E-state index in [1.54, 1.807) is 14.0 Å². The summed E-state index contributed by atoms with van der Waals surface area (Å²) < 4.78 is 0. The van der Waals surface area contributed by atoms with Crippen LogP contribution >= 0.6 is 11.8 Å². The van der Waals surface area contributed by atoms with Crippen molar-refractivity contribution < 1.29 is 29.4 Å². The number of aldehydes is 1. The molecule has 0 radical (unpaired) electrons. The lowest BCUT2D eigenvalue weighted by Gasteiger charge is -2.32. The highest BCUT2D eigenvalue weighted by Crippen LogP contribution is 2.45. The lowest BCUT2D eigenvalue weighted by Crippen LogP contribution is -2.44. The number of hydrogen-bond acceptors (Lipinski definition) is 7. The van der Waals surface area contributed by atoms with Crippen LogP contribution in [0.15, 0.2) is 10.6 Å². The summed E-state index contributed by atoms with van der Waals surface area (Å²) >= 11 is 1.13. The molecule has 0 unspecified atom stereocenters. The van der Waals surface area contributed by atoms with E-state index in [0.29, 0.717) is 17.6 Å². The van der Waals surface area contributed by atoms with E-state index < -0.39 is 35.2 Å². The van der Waals surface area contributed by atoms with E-state index in [-0.39, 0.29) is 23.9 Å². The molecule has 0 aliphatic carbocycles. The molecule has 2 aliphatic heterocycles. The predicted octanol–water partition coefficient (Wildman–Crippen LogP) is -0.0330. The number of imide groups is 1. The van der Waals surface area contributed by atoms with Crippen molar-refractivity contribution in [3.8, 4) is 0 Å². The summed E-state index contributed by atoms with van der Waals surface area (Å²) in [6.07, 6.45) is 0.251.